The van der Waals surface area contributed by atoms with Gasteiger partial charge in [0.2, 0.25) is 5.91 Å². The monoisotopic (exact) mass is 283 g/mol. The Morgan fingerprint density at radius 3 is 2.25 bits per heavy atom. The minimum absolute atomic E-state index is 0.00223. The number of hydrogen-bond acceptors (Lipinski definition) is 4. The molecule has 0 bridgehead atoms. The summed E-state index contributed by atoms with van der Waals surface area (Å²) >= 11 is 0. The van der Waals surface area contributed by atoms with Crippen LogP contribution in [0.3, 0.4) is 0 Å². The highest BCUT2D eigenvalue weighted by Crippen LogP contribution is 2.39. The normalized spacial score (nSPS) is 26.4. The van der Waals surface area contributed by atoms with Crippen LogP contribution in [0, 0.1) is 5.41 Å². The summed E-state index contributed by atoms with van der Waals surface area (Å²) in [7, 11) is 0. The van der Waals surface area contributed by atoms with Crippen molar-refractivity contribution in [3.63, 3.8) is 0 Å². The molecule has 0 radical (unpaired) electrons. The molecule has 1 atom stereocenters. The maximum absolute atomic E-state index is 12.1. The predicted octanol–water partition coefficient (Wildman–Crippen LogP) is 0.805. The molecule has 0 saturated carbocycles. The molecule has 2 amide bonds. The van der Waals surface area contributed by atoms with E-state index in [2.05, 4.69) is 0 Å². The van der Waals surface area contributed by atoms with Gasteiger partial charge in [-0.3, -0.25) is 4.79 Å². The van der Waals surface area contributed by atoms with E-state index in [0.29, 0.717) is 19.6 Å². The lowest BCUT2D eigenvalue weighted by Crippen LogP contribution is -2.39. The first-order chi connectivity index (χ1) is 9.25. The summed E-state index contributed by atoms with van der Waals surface area (Å²) in [5.74, 6) is -0.00223. The van der Waals surface area contributed by atoms with Crippen molar-refractivity contribution in [2.45, 2.75) is 39.2 Å². The summed E-state index contributed by atoms with van der Waals surface area (Å²) < 4.78 is 5.41. The van der Waals surface area contributed by atoms with Crippen LogP contribution in [-0.4, -0.2) is 60.1 Å². The summed E-state index contributed by atoms with van der Waals surface area (Å²) in [6.07, 6.45) is 1.62. The van der Waals surface area contributed by atoms with Gasteiger partial charge in [0.25, 0.3) is 0 Å². The molecule has 0 aliphatic carbocycles. The maximum Gasteiger partial charge on any atom is 0.410 e. The van der Waals surface area contributed by atoms with Crippen LogP contribution in [0.2, 0.25) is 0 Å². The van der Waals surface area contributed by atoms with Crippen LogP contribution in [0.5, 0.6) is 0 Å². The average Bonchev–Trinajstić information content (AvgIpc) is 2.95. The molecular weight excluding hydrogens is 258 g/mol. The molecule has 0 aromatic rings. The van der Waals surface area contributed by atoms with Crippen LogP contribution < -0.4 is 5.73 Å². The molecule has 1 unspecified atom stereocenters. The van der Waals surface area contributed by atoms with Crippen molar-refractivity contribution in [2.24, 2.45) is 11.1 Å². The van der Waals surface area contributed by atoms with Gasteiger partial charge in [-0.1, -0.05) is 0 Å². The number of nitrogens with zero attached hydrogens (tertiary/aromatic N) is 2. The van der Waals surface area contributed by atoms with Gasteiger partial charge in [0.15, 0.2) is 0 Å². The quantitative estimate of drug-likeness (QED) is 0.772. The van der Waals surface area contributed by atoms with Crippen molar-refractivity contribution in [1.29, 1.82) is 0 Å². The Hall–Kier alpha value is -1.30. The van der Waals surface area contributed by atoms with Gasteiger partial charge in [-0.25, -0.2) is 4.79 Å². The number of carbonyl (C=O) groups is 2. The van der Waals surface area contributed by atoms with Gasteiger partial charge in [0.05, 0.1) is 6.54 Å². The third-order valence-corrected chi connectivity index (χ3v) is 4.06. The van der Waals surface area contributed by atoms with Gasteiger partial charge >= 0.3 is 6.09 Å². The SMILES string of the molecule is CC(C)(C)OC(=O)N1CCC2(CCN(C(=O)CN)C2)C1. The van der Waals surface area contributed by atoms with Crippen LogP contribution in [0.4, 0.5) is 4.79 Å². The van der Waals surface area contributed by atoms with E-state index in [4.69, 9.17) is 10.5 Å². The lowest BCUT2D eigenvalue weighted by atomic mass is 9.86. The molecule has 0 aromatic carbocycles. The second-order valence-corrected chi connectivity index (χ2v) is 6.92. The largest absolute Gasteiger partial charge is 0.444 e. The van der Waals surface area contributed by atoms with E-state index in [1.165, 1.54) is 0 Å². The van der Waals surface area contributed by atoms with E-state index >= 15 is 0 Å². The third-order valence-electron chi connectivity index (χ3n) is 4.06. The smallest absolute Gasteiger partial charge is 0.410 e. The number of amides is 2. The summed E-state index contributed by atoms with van der Waals surface area (Å²) in [6.45, 7) is 8.51. The zero-order chi connectivity index (χ0) is 15.0. The Labute approximate surface area is 120 Å². The van der Waals surface area contributed by atoms with Crippen LogP contribution in [0.25, 0.3) is 0 Å². The van der Waals surface area contributed by atoms with Gasteiger partial charge in [-0.15, -0.1) is 0 Å². The Morgan fingerprint density at radius 2 is 1.70 bits per heavy atom. The second-order valence-electron chi connectivity index (χ2n) is 6.92. The van der Waals surface area contributed by atoms with Gasteiger partial charge in [0.1, 0.15) is 5.60 Å². The summed E-state index contributed by atoms with van der Waals surface area (Å²) in [6, 6.07) is 0. The molecule has 20 heavy (non-hydrogen) atoms. The molecule has 2 rings (SSSR count). The van der Waals surface area contributed by atoms with E-state index in [-0.39, 0.29) is 24.0 Å². The maximum atomic E-state index is 12.1. The van der Waals surface area contributed by atoms with Crippen molar-refractivity contribution in [2.75, 3.05) is 32.7 Å². The zero-order valence-corrected chi connectivity index (χ0v) is 12.6. The summed E-state index contributed by atoms with van der Waals surface area (Å²) in [4.78, 5) is 27.3. The molecule has 114 valence electrons. The fourth-order valence-electron chi connectivity index (χ4n) is 3.03. The molecule has 2 saturated heterocycles. The van der Waals surface area contributed by atoms with Crippen molar-refractivity contribution >= 4 is 12.0 Å². The predicted molar refractivity (Wildman–Crippen MR) is 75.1 cm³/mol. The first-order valence-corrected chi connectivity index (χ1v) is 7.20. The van der Waals surface area contributed by atoms with Crippen LogP contribution in [0.1, 0.15) is 33.6 Å². The van der Waals surface area contributed by atoms with E-state index in [0.717, 1.165) is 19.4 Å². The Morgan fingerprint density at radius 1 is 1.15 bits per heavy atom. The molecule has 6 nitrogen and oxygen atoms in total. The highest BCUT2D eigenvalue weighted by molar-refractivity contribution is 5.78. The average molecular weight is 283 g/mol. The number of rotatable bonds is 1. The topological polar surface area (TPSA) is 75.9 Å². The fourth-order valence-corrected chi connectivity index (χ4v) is 3.03. The minimum atomic E-state index is -0.468. The van der Waals surface area contributed by atoms with Crippen LogP contribution >= 0.6 is 0 Å². The lowest BCUT2D eigenvalue weighted by molar-refractivity contribution is -0.129. The number of ether oxygens (including phenoxy) is 1. The van der Waals surface area contributed by atoms with Crippen LogP contribution in [-0.2, 0) is 9.53 Å². The van der Waals surface area contributed by atoms with E-state index < -0.39 is 5.60 Å². The molecule has 2 N–H and O–H groups in total. The van der Waals surface area contributed by atoms with E-state index in [1.54, 1.807) is 4.90 Å². The highest BCUT2D eigenvalue weighted by atomic mass is 16.6. The second kappa shape index (κ2) is 5.24. The Kier molecular flexibility index (Phi) is 3.95. The molecular formula is C14H25N3O3. The first-order valence-electron chi connectivity index (χ1n) is 7.20. The fraction of sp³-hybridized carbons (Fsp3) is 0.857. The zero-order valence-electron chi connectivity index (χ0n) is 12.6. The molecule has 2 heterocycles. The molecule has 0 aromatic heterocycles. The van der Waals surface area contributed by atoms with Crippen molar-refractivity contribution in [1.82, 2.24) is 9.80 Å². The Balaban J connectivity index is 1.93. The third kappa shape index (κ3) is 3.23. The van der Waals surface area contributed by atoms with Gasteiger partial charge in [0, 0.05) is 31.6 Å². The van der Waals surface area contributed by atoms with Gasteiger partial charge in [-0.05, 0) is 33.6 Å². The van der Waals surface area contributed by atoms with Crippen molar-refractivity contribution in [3.05, 3.63) is 0 Å². The summed E-state index contributed by atoms with van der Waals surface area (Å²) in [5, 5.41) is 0. The summed E-state index contributed by atoms with van der Waals surface area (Å²) in [5.41, 5.74) is 4.98. The number of likely N-dealkylation sites (tertiary alicyclic amines) is 2. The molecule has 6 heteroatoms. The van der Waals surface area contributed by atoms with Crippen molar-refractivity contribution in [3.8, 4) is 0 Å². The highest BCUT2D eigenvalue weighted by Gasteiger charge is 2.46. The lowest BCUT2D eigenvalue weighted by Gasteiger charge is -2.27. The number of nitrogens with two attached hydrogens (primary N) is 1. The van der Waals surface area contributed by atoms with Crippen molar-refractivity contribution < 1.29 is 14.3 Å². The number of carbonyl (C=O) groups excluding carboxylic acids is 2. The molecule has 2 fully saturated rings. The minimum Gasteiger partial charge on any atom is -0.444 e. The van der Waals surface area contributed by atoms with Gasteiger partial charge in [-0.2, -0.15) is 0 Å². The standard InChI is InChI=1S/C14H25N3O3/c1-13(2,3)20-12(19)17-7-5-14(10-17)4-6-16(9-14)11(18)8-15/h4-10,15H2,1-3H3. The van der Waals surface area contributed by atoms with Gasteiger partial charge < -0.3 is 20.3 Å². The van der Waals surface area contributed by atoms with E-state index in [9.17, 15) is 9.59 Å². The Bertz CT molecular complexity index is 405. The van der Waals surface area contributed by atoms with Crippen LogP contribution in [0.15, 0.2) is 0 Å². The molecule has 2 aliphatic rings. The molecule has 1 spiro atoms. The first kappa shape index (κ1) is 15.1. The molecule has 2 aliphatic heterocycles. The van der Waals surface area contributed by atoms with E-state index in [1.807, 2.05) is 25.7 Å². The number of hydrogen-bond donors (Lipinski definition) is 1.